The van der Waals surface area contributed by atoms with Crippen molar-refractivity contribution in [2.75, 3.05) is 6.26 Å². The first-order valence-corrected chi connectivity index (χ1v) is 6.28. The number of rotatable bonds is 3. The van der Waals surface area contributed by atoms with E-state index in [2.05, 4.69) is 6.58 Å². The van der Waals surface area contributed by atoms with Crippen LogP contribution in [0.15, 0.2) is 40.8 Å². The van der Waals surface area contributed by atoms with Crippen molar-refractivity contribution in [3.63, 3.8) is 0 Å². The molecule has 0 aromatic heterocycles. The van der Waals surface area contributed by atoms with E-state index in [1.165, 1.54) is 24.3 Å². The molecule has 0 aliphatic heterocycles. The molecular formula is C10H9ClO3S. The molecule has 1 aromatic rings. The molecule has 5 heteroatoms. The van der Waals surface area contributed by atoms with Gasteiger partial charge in [0.05, 0.1) is 9.93 Å². The average molecular weight is 245 g/mol. The number of carbonyl (C=O) groups is 1. The van der Waals surface area contributed by atoms with Gasteiger partial charge in [-0.15, -0.1) is 0 Å². The minimum atomic E-state index is -3.23. The van der Waals surface area contributed by atoms with E-state index in [-0.39, 0.29) is 9.93 Å². The second-order valence-electron chi connectivity index (χ2n) is 3.03. The summed E-state index contributed by atoms with van der Waals surface area (Å²) in [6.07, 6.45) is 1.10. The van der Waals surface area contributed by atoms with Crippen LogP contribution in [0.5, 0.6) is 0 Å². The second kappa shape index (κ2) is 4.16. The summed E-state index contributed by atoms with van der Waals surface area (Å²) in [4.78, 5) is 11.5. The zero-order valence-electron chi connectivity index (χ0n) is 8.03. The zero-order valence-corrected chi connectivity index (χ0v) is 9.60. The summed E-state index contributed by atoms with van der Waals surface area (Å²) in [5.74, 6) is -0.406. The first-order valence-electron chi connectivity index (χ1n) is 4.01. The third kappa shape index (κ3) is 2.91. The Morgan fingerprint density at radius 2 is 1.73 bits per heavy atom. The molecule has 15 heavy (non-hydrogen) atoms. The van der Waals surface area contributed by atoms with Crippen molar-refractivity contribution in [1.29, 1.82) is 0 Å². The van der Waals surface area contributed by atoms with Crippen LogP contribution in [0, 0.1) is 0 Å². The van der Waals surface area contributed by atoms with E-state index in [4.69, 9.17) is 11.6 Å². The third-order valence-electron chi connectivity index (χ3n) is 1.79. The molecule has 0 saturated heterocycles. The lowest BCUT2D eigenvalue weighted by atomic mass is 10.1. The minimum Gasteiger partial charge on any atom is -0.288 e. The average Bonchev–Trinajstić information content (AvgIpc) is 2.15. The smallest absolute Gasteiger partial charge is 0.203 e. The fourth-order valence-electron chi connectivity index (χ4n) is 1.01. The van der Waals surface area contributed by atoms with Gasteiger partial charge < -0.3 is 0 Å². The Hall–Kier alpha value is -1.13. The first kappa shape index (κ1) is 11.9. The molecule has 0 amide bonds. The predicted molar refractivity (Wildman–Crippen MR) is 58.9 cm³/mol. The van der Waals surface area contributed by atoms with Crippen LogP contribution in [-0.4, -0.2) is 20.5 Å². The van der Waals surface area contributed by atoms with E-state index < -0.39 is 15.6 Å². The Morgan fingerprint density at radius 3 is 2.07 bits per heavy atom. The van der Waals surface area contributed by atoms with Gasteiger partial charge in [0, 0.05) is 11.8 Å². The highest BCUT2D eigenvalue weighted by atomic mass is 35.5. The maximum Gasteiger partial charge on any atom is 0.203 e. The number of halogens is 1. The fourth-order valence-corrected chi connectivity index (χ4v) is 1.75. The molecule has 0 unspecified atom stereocenters. The molecular weight excluding hydrogens is 236 g/mol. The predicted octanol–water partition coefficient (Wildman–Crippen LogP) is 2.03. The Balaban J connectivity index is 3.12. The van der Waals surface area contributed by atoms with E-state index >= 15 is 0 Å². The minimum absolute atomic E-state index is 0.0953. The molecule has 0 saturated carbocycles. The number of allylic oxidation sites excluding steroid dienone is 1. The molecule has 0 N–H and O–H groups in total. The summed E-state index contributed by atoms with van der Waals surface area (Å²) in [5.41, 5.74) is 0.322. The van der Waals surface area contributed by atoms with Crippen LogP contribution in [0.4, 0.5) is 0 Å². The number of ketones is 1. The SMILES string of the molecule is C=C(Cl)C(=O)c1ccc(S(C)(=O)=O)cc1. The number of carbonyl (C=O) groups excluding carboxylic acids is 1. The number of hydrogen-bond acceptors (Lipinski definition) is 3. The van der Waals surface area contributed by atoms with Crippen molar-refractivity contribution in [2.24, 2.45) is 0 Å². The van der Waals surface area contributed by atoms with Crippen molar-refractivity contribution in [3.05, 3.63) is 41.4 Å². The number of Topliss-reactive ketones (excluding diaryl/α,β-unsaturated/α-hetero) is 1. The van der Waals surface area contributed by atoms with Crippen molar-refractivity contribution in [1.82, 2.24) is 0 Å². The maximum atomic E-state index is 11.3. The topological polar surface area (TPSA) is 51.2 Å². The molecule has 80 valence electrons. The number of benzene rings is 1. The van der Waals surface area contributed by atoms with Gasteiger partial charge in [0.1, 0.15) is 0 Å². The van der Waals surface area contributed by atoms with Gasteiger partial charge in [0.2, 0.25) is 5.78 Å². The third-order valence-corrected chi connectivity index (χ3v) is 3.09. The highest BCUT2D eigenvalue weighted by Gasteiger charge is 2.10. The van der Waals surface area contributed by atoms with Crippen LogP contribution in [0.25, 0.3) is 0 Å². The van der Waals surface area contributed by atoms with Crippen LogP contribution < -0.4 is 0 Å². The van der Waals surface area contributed by atoms with Crippen LogP contribution in [-0.2, 0) is 9.84 Å². The summed E-state index contributed by atoms with van der Waals surface area (Å²) < 4.78 is 22.2. The number of hydrogen-bond donors (Lipinski definition) is 0. The quantitative estimate of drug-likeness (QED) is 0.604. The summed E-state index contributed by atoms with van der Waals surface area (Å²) in [7, 11) is -3.23. The molecule has 1 rings (SSSR count). The lowest BCUT2D eigenvalue weighted by molar-refractivity contribution is 0.104. The monoisotopic (exact) mass is 244 g/mol. The fraction of sp³-hybridized carbons (Fsp3) is 0.100. The van der Waals surface area contributed by atoms with Gasteiger partial charge >= 0.3 is 0 Å². The van der Waals surface area contributed by atoms with Gasteiger partial charge in [-0.05, 0) is 24.3 Å². The molecule has 0 aliphatic carbocycles. The van der Waals surface area contributed by atoms with E-state index in [0.717, 1.165) is 6.26 Å². The standard InChI is InChI=1S/C10H9ClO3S/c1-7(11)10(12)8-3-5-9(6-4-8)15(2,13)14/h3-6H,1H2,2H3. The maximum absolute atomic E-state index is 11.3. The number of sulfone groups is 1. The van der Waals surface area contributed by atoms with E-state index in [1.54, 1.807) is 0 Å². The highest BCUT2D eigenvalue weighted by molar-refractivity contribution is 7.90. The Bertz CT molecular complexity index is 500. The van der Waals surface area contributed by atoms with Gasteiger partial charge in [-0.3, -0.25) is 4.79 Å². The zero-order chi connectivity index (χ0) is 11.6. The van der Waals surface area contributed by atoms with Crippen molar-refractivity contribution in [3.8, 4) is 0 Å². The van der Waals surface area contributed by atoms with Crippen LogP contribution in [0.2, 0.25) is 0 Å². The molecule has 0 heterocycles. The van der Waals surface area contributed by atoms with E-state index in [0.29, 0.717) is 5.56 Å². The first-order chi connectivity index (χ1) is 6.82. The lowest BCUT2D eigenvalue weighted by Gasteiger charge is -2.00. The summed E-state index contributed by atoms with van der Waals surface area (Å²) in [6, 6.07) is 5.54. The van der Waals surface area contributed by atoms with Gasteiger partial charge in [0.25, 0.3) is 0 Å². The van der Waals surface area contributed by atoms with Crippen molar-refractivity contribution < 1.29 is 13.2 Å². The molecule has 0 bridgehead atoms. The Labute approximate surface area is 93.3 Å². The molecule has 0 fully saturated rings. The highest BCUT2D eigenvalue weighted by Crippen LogP contribution is 2.14. The summed E-state index contributed by atoms with van der Waals surface area (Å²) >= 11 is 5.43. The van der Waals surface area contributed by atoms with Crippen molar-refractivity contribution in [2.45, 2.75) is 4.90 Å². The van der Waals surface area contributed by atoms with Crippen LogP contribution in [0.1, 0.15) is 10.4 Å². The normalized spacial score (nSPS) is 11.1. The van der Waals surface area contributed by atoms with Crippen molar-refractivity contribution >= 4 is 27.2 Å². The van der Waals surface area contributed by atoms with Gasteiger partial charge in [-0.2, -0.15) is 0 Å². The molecule has 0 aliphatic rings. The molecule has 0 spiro atoms. The van der Waals surface area contributed by atoms with Crippen LogP contribution in [0.3, 0.4) is 0 Å². The lowest BCUT2D eigenvalue weighted by Crippen LogP contribution is -2.00. The largest absolute Gasteiger partial charge is 0.288 e. The van der Waals surface area contributed by atoms with Crippen LogP contribution >= 0.6 is 11.6 Å². The molecule has 1 aromatic carbocycles. The van der Waals surface area contributed by atoms with Gasteiger partial charge in [-0.1, -0.05) is 18.2 Å². The summed E-state index contributed by atoms with van der Waals surface area (Å²) in [5, 5.41) is -0.0953. The molecule has 0 atom stereocenters. The van der Waals surface area contributed by atoms with E-state index in [9.17, 15) is 13.2 Å². The van der Waals surface area contributed by atoms with Gasteiger partial charge in [-0.25, -0.2) is 8.42 Å². The molecule has 3 nitrogen and oxygen atoms in total. The Kier molecular flexibility index (Phi) is 3.31. The summed E-state index contributed by atoms with van der Waals surface area (Å²) in [6.45, 7) is 3.30. The molecule has 0 radical (unpaired) electrons. The Morgan fingerprint density at radius 1 is 1.27 bits per heavy atom. The van der Waals surface area contributed by atoms with Gasteiger partial charge in [0.15, 0.2) is 9.84 Å². The second-order valence-corrected chi connectivity index (χ2v) is 5.50. The van der Waals surface area contributed by atoms with E-state index in [1.807, 2.05) is 0 Å².